The number of nitrogens with one attached hydrogen (secondary N) is 1. The summed E-state index contributed by atoms with van der Waals surface area (Å²) in [4.78, 5) is 30.5. The fourth-order valence-electron chi connectivity index (χ4n) is 2.72. The van der Waals surface area contributed by atoms with Crippen LogP contribution in [0.4, 0.5) is 5.69 Å². The second-order valence-corrected chi connectivity index (χ2v) is 7.04. The van der Waals surface area contributed by atoms with Gasteiger partial charge in [-0.05, 0) is 19.9 Å². The van der Waals surface area contributed by atoms with E-state index in [2.05, 4.69) is 15.4 Å². The van der Waals surface area contributed by atoms with Crippen molar-refractivity contribution in [1.82, 2.24) is 19.7 Å². The number of carbonyl (C=O) groups excluding carboxylic acids is 2. The van der Waals surface area contributed by atoms with E-state index in [-0.39, 0.29) is 17.9 Å². The number of amides is 2. The van der Waals surface area contributed by atoms with Crippen LogP contribution >= 0.6 is 11.8 Å². The van der Waals surface area contributed by atoms with E-state index in [9.17, 15) is 9.59 Å². The van der Waals surface area contributed by atoms with Gasteiger partial charge in [0.05, 0.1) is 24.0 Å². The Balaban J connectivity index is 1.77. The lowest BCUT2D eigenvalue weighted by Crippen LogP contribution is -2.44. The topological polar surface area (TPSA) is 80.1 Å². The molecule has 1 saturated heterocycles. The average Bonchev–Trinajstić information content (AvgIpc) is 3.20. The van der Waals surface area contributed by atoms with Gasteiger partial charge >= 0.3 is 0 Å². The van der Waals surface area contributed by atoms with Crippen LogP contribution in [0.25, 0.3) is 11.0 Å². The Morgan fingerprint density at radius 1 is 1.42 bits per heavy atom. The molecular weight excluding hydrogens is 326 g/mol. The van der Waals surface area contributed by atoms with Gasteiger partial charge in [0.25, 0.3) is 0 Å². The van der Waals surface area contributed by atoms with E-state index in [1.165, 1.54) is 0 Å². The molecule has 2 amide bonds. The highest BCUT2D eigenvalue weighted by Crippen LogP contribution is 2.24. The quantitative estimate of drug-likeness (QED) is 0.918. The van der Waals surface area contributed by atoms with Gasteiger partial charge in [0.2, 0.25) is 11.8 Å². The lowest BCUT2D eigenvalue weighted by atomic mass is 10.2. The number of carbonyl (C=O) groups is 2. The minimum absolute atomic E-state index is 0.00642. The van der Waals surface area contributed by atoms with Crippen molar-refractivity contribution in [2.24, 2.45) is 0 Å². The van der Waals surface area contributed by atoms with E-state index >= 15 is 0 Å². The average molecular weight is 347 g/mol. The van der Waals surface area contributed by atoms with Crippen LogP contribution in [0.5, 0.6) is 0 Å². The molecule has 3 rings (SSSR count). The lowest BCUT2D eigenvalue weighted by Gasteiger charge is -2.22. The molecule has 1 fully saturated rings. The summed E-state index contributed by atoms with van der Waals surface area (Å²) >= 11 is 1.60. The standard InChI is InChI=1S/C16H21N5O2S/c1-4-14(22)20-9-24-8-13(20)16(23)19-12-5-11-6-18-21(10(2)3)15(11)17-7-12/h5-7,10,13H,4,8-9H2,1-3H3,(H,19,23)/t13-/m1/s1. The second kappa shape index (κ2) is 6.80. The summed E-state index contributed by atoms with van der Waals surface area (Å²) in [6.07, 6.45) is 3.79. The van der Waals surface area contributed by atoms with Crippen LogP contribution in [-0.2, 0) is 9.59 Å². The van der Waals surface area contributed by atoms with Gasteiger partial charge in [-0.2, -0.15) is 5.10 Å². The zero-order chi connectivity index (χ0) is 17.3. The SMILES string of the molecule is CCC(=O)N1CSC[C@@H]1C(=O)Nc1cnc2c(cnn2C(C)C)c1. The monoisotopic (exact) mass is 347 g/mol. The normalized spacial score (nSPS) is 17.7. The van der Waals surface area contributed by atoms with E-state index in [0.717, 1.165) is 11.0 Å². The van der Waals surface area contributed by atoms with Crippen molar-refractivity contribution in [3.05, 3.63) is 18.5 Å². The van der Waals surface area contributed by atoms with Crippen LogP contribution in [0.15, 0.2) is 18.5 Å². The zero-order valence-electron chi connectivity index (χ0n) is 14.0. The van der Waals surface area contributed by atoms with Crippen molar-refractivity contribution in [1.29, 1.82) is 0 Å². The predicted molar refractivity (Wildman–Crippen MR) is 94.8 cm³/mol. The second-order valence-electron chi connectivity index (χ2n) is 6.04. The maximum Gasteiger partial charge on any atom is 0.248 e. The van der Waals surface area contributed by atoms with Crippen molar-refractivity contribution in [3.8, 4) is 0 Å². The molecule has 7 nitrogen and oxygen atoms in total. The molecule has 128 valence electrons. The minimum Gasteiger partial charge on any atom is -0.323 e. The number of nitrogens with zero attached hydrogens (tertiary/aromatic N) is 4. The first-order valence-corrected chi connectivity index (χ1v) is 9.18. The molecule has 8 heteroatoms. The predicted octanol–water partition coefficient (Wildman–Crippen LogP) is 2.26. The van der Waals surface area contributed by atoms with Gasteiger partial charge < -0.3 is 10.2 Å². The third-order valence-corrected chi connectivity index (χ3v) is 5.01. The highest BCUT2D eigenvalue weighted by Gasteiger charge is 2.33. The third kappa shape index (κ3) is 3.10. The fraction of sp³-hybridized carbons (Fsp3) is 0.500. The number of fused-ring (bicyclic) bond motifs is 1. The first-order chi connectivity index (χ1) is 11.5. The number of hydrogen-bond donors (Lipinski definition) is 1. The maximum atomic E-state index is 12.5. The number of aromatic nitrogens is 3. The van der Waals surface area contributed by atoms with Crippen LogP contribution < -0.4 is 5.32 Å². The van der Waals surface area contributed by atoms with E-state index in [4.69, 9.17) is 0 Å². The van der Waals surface area contributed by atoms with E-state index < -0.39 is 6.04 Å². The Hall–Kier alpha value is -2.09. The molecule has 0 spiro atoms. The van der Waals surface area contributed by atoms with Crippen LogP contribution in [-0.4, -0.2) is 49.2 Å². The molecule has 0 radical (unpaired) electrons. The van der Waals surface area contributed by atoms with Crippen LogP contribution in [0.3, 0.4) is 0 Å². The summed E-state index contributed by atoms with van der Waals surface area (Å²) in [5.74, 6) is 1.04. The maximum absolute atomic E-state index is 12.5. The van der Waals surface area contributed by atoms with Crippen molar-refractivity contribution in [2.45, 2.75) is 39.3 Å². The van der Waals surface area contributed by atoms with Crippen LogP contribution in [0.1, 0.15) is 33.2 Å². The van der Waals surface area contributed by atoms with Gasteiger partial charge in [0, 0.05) is 23.6 Å². The Morgan fingerprint density at radius 3 is 2.92 bits per heavy atom. The summed E-state index contributed by atoms with van der Waals surface area (Å²) in [5, 5.41) is 8.08. The summed E-state index contributed by atoms with van der Waals surface area (Å²) in [6, 6.07) is 1.66. The van der Waals surface area contributed by atoms with E-state index in [0.29, 0.717) is 23.7 Å². The van der Waals surface area contributed by atoms with Gasteiger partial charge in [-0.25, -0.2) is 9.67 Å². The van der Waals surface area contributed by atoms with E-state index in [1.54, 1.807) is 29.1 Å². The smallest absolute Gasteiger partial charge is 0.248 e. The molecule has 0 unspecified atom stereocenters. The molecule has 0 aromatic carbocycles. The molecule has 1 N–H and O–H groups in total. The molecule has 0 aliphatic carbocycles. The number of rotatable bonds is 4. The van der Waals surface area contributed by atoms with Gasteiger partial charge in [0.15, 0.2) is 5.65 Å². The number of anilines is 1. The zero-order valence-corrected chi connectivity index (χ0v) is 14.8. The summed E-state index contributed by atoms with van der Waals surface area (Å²) in [7, 11) is 0. The van der Waals surface area contributed by atoms with Crippen LogP contribution in [0, 0.1) is 0 Å². The highest BCUT2D eigenvalue weighted by molar-refractivity contribution is 7.99. The Kier molecular flexibility index (Phi) is 4.75. The molecule has 1 aliphatic heterocycles. The summed E-state index contributed by atoms with van der Waals surface area (Å²) in [5.41, 5.74) is 1.42. The molecule has 1 atom stereocenters. The first kappa shape index (κ1) is 16.8. The molecule has 2 aromatic rings. The van der Waals surface area contributed by atoms with Crippen molar-refractivity contribution in [2.75, 3.05) is 16.9 Å². The van der Waals surface area contributed by atoms with Crippen molar-refractivity contribution in [3.63, 3.8) is 0 Å². The fourth-order valence-corrected chi connectivity index (χ4v) is 3.90. The molecule has 2 aromatic heterocycles. The highest BCUT2D eigenvalue weighted by atomic mass is 32.2. The molecule has 0 bridgehead atoms. The number of thioether (sulfide) groups is 1. The Labute approximate surface area is 144 Å². The molecule has 0 saturated carbocycles. The lowest BCUT2D eigenvalue weighted by molar-refractivity contribution is -0.135. The molecule has 1 aliphatic rings. The van der Waals surface area contributed by atoms with Crippen LogP contribution in [0.2, 0.25) is 0 Å². The summed E-state index contributed by atoms with van der Waals surface area (Å²) in [6.45, 7) is 5.90. The van der Waals surface area contributed by atoms with E-state index in [1.807, 2.05) is 31.5 Å². The molecular formula is C16H21N5O2S. The Morgan fingerprint density at radius 2 is 2.21 bits per heavy atom. The summed E-state index contributed by atoms with van der Waals surface area (Å²) < 4.78 is 1.84. The van der Waals surface area contributed by atoms with Gasteiger partial charge in [0.1, 0.15) is 6.04 Å². The number of hydrogen-bond acceptors (Lipinski definition) is 5. The first-order valence-electron chi connectivity index (χ1n) is 8.02. The molecule has 3 heterocycles. The minimum atomic E-state index is -0.420. The van der Waals surface area contributed by atoms with Gasteiger partial charge in [-0.3, -0.25) is 9.59 Å². The van der Waals surface area contributed by atoms with Crippen molar-refractivity contribution < 1.29 is 9.59 Å². The molecule has 24 heavy (non-hydrogen) atoms. The van der Waals surface area contributed by atoms with Crippen molar-refractivity contribution >= 4 is 40.3 Å². The third-order valence-electron chi connectivity index (χ3n) is 4.00. The largest absolute Gasteiger partial charge is 0.323 e. The van der Waals surface area contributed by atoms with Gasteiger partial charge in [-0.1, -0.05) is 6.92 Å². The van der Waals surface area contributed by atoms with Gasteiger partial charge in [-0.15, -0.1) is 11.8 Å². The number of pyridine rings is 1. The Bertz CT molecular complexity index is 773.